The van der Waals surface area contributed by atoms with Gasteiger partial charge in [-0.05, 0) is 51.7 Å². The summed E-state index contributed by atoms with van der Waals surface area (Å²) in [6, 6.07) is 5.97. The predicted molar refractivity (Wildman–Crippen MR) is 103 cm³/mol. The van der Waals surface area contributed by atoms with Crippen LogP contribution < -0.4 is 14.8 Å². The predicted octanol–water partition coefficient (Wildman–Crippen LogP) is 3.32. The molecule has 0 unspecified atom stereocenters. The summed E-state index contributed by atoms with van der Waals surface area (Å²) in [5.41, 5.74) is 3.27. The van der Waals surface area contributed by atoms with E-state index in [1.165, 1.54) is 22.5 Å². The topological polar surface area (TPSA) is 50.8 Å². The van der Waals surface area contributed by atoms with E-state index in [1.807, 2.05) is 11.4 Å². The van der Waals surface area contributed by atoms with Gasteiger partial charge in [0.1, 0.15) is 0 Å². The van der Waals surface area contributed by atoms with Crippen molar-refractivity contribution in [2.45, 2.75) is 13.0 Å². The van der Waals surface area contributed by atoms with E-state index in [0.29, 0.717) is 12.1 Å². The zero-order valence-electron chi connectivity index (χ0n) is 14.3. The molecule has 0 saturated heterocycles. The van der Waals surface area contributed by atoms with Gasteiger partial charge in [-0.3, -0.25) is 9.69 Å². The van der Waals surface area contributed by atoms with E-state index < -0.39 is 0 Å². The van der Waals surface area contributed by atoms with Crippen molar-refractivity contribution in [1.29, 1.82) is 0 Å². The molecular formula is C18H21BrN2O3S. The van der Waals surface area contributed by atoms with Gasteiger partial charge < -0.3 is 14.8 Å². The summed E-state index contributed by atoms with van der Waals surface area (Å²) in [5.74, 6) is 1.52. The molecular weight excluding hydrogens is 404 g/mol. The minimum absolute atomic E-state index is 0.0224. The second kappa shape index (κ2) is 8.21. The molecule has 1 aromatic heterocycles. The van der Waals surface area contributed by atoms with Gasteiger partial charge in [0.25, 0.3) is 5.91 Å². The van der Waals surface area contributed by atoms with Gasteiger partial charge >= 0.3 is 0 Å². The van der Waals surface area contributed by atoms with Gasteiger partial charge in [-0.1, -0.05) is 0 Å². The van der Waals surface area contributed by atoms with Gasteiger partial charge in [0, 0.05) is 31.6 Å². The van der Waals surface area contributed by atoms with Crippen molar-refractivity contribution in [2.24, 2.45) is 0 Å². The molecule has 25 heavy (non-hydrogen) atoms. The van der Waals surface area contributed by atoms with Crippen molar-refractivity contribution in [1.82, 2.24) is 10.2 Å². The van der Waals surface area contributed by atoms with E-state index in [4.69, 9.17) is 9.47 Å². The van der Waals surface area contributed by atoms with Crippen LogP contribution in [0.15, 0.2) is 27.4 Å². The molecule has 0 aliphatic carbocycles. The lowest BCUT2D eigenvalue weighted by Gasteiger charge is -2.29. The zero-order valence-corrected chi connectivity index (χ0v) is 16.7. The van der Waals surface area contributed by atoms with Crippen LogP contribution in [0, 0.1) is 0 Å². The number of benzene rings is 1. The Kier molecular flexibility index (Phi) is 5.98. The van der Waals surface area contributed by atoms with Crippen LogP contribution in [0.5, 0.6) is 11.5 Å². The quantitative estimate of drug-likeness (QED) is 0.772. The van der Waals surface area contributed by atoms with Crippen LogP contribution in [-0.2, 0) is 13.0 Å². The van der Waals surface area contributed by atoms with Crippen LogP contribution in [0.4, 0.5) is 0 Å². The fourth-order valence-corrected chi connectivity index (χ4v) is 4.13. The standard InChI is InChI=1S/C18H21BrN2O3S/c1-23-15-7-12-3-5-21(10-13(12)8-16(15)24-2)6-4-20-18(22)14-9-17(19)25-11-14/h7-9,11H,3-6,10H2,1-2H3,(H,20,22). The van der Waals surface area contributed by atoms with Gasteiger partial charge in [0.05, 0.1) is 23.6 Å². The molecule has 134 valence electrons. The summed E-state index contributed by atoms with van der Waals surface area (Å²) < 4.78 is 11.7. The van der Waals surface area contributed by atoms with E-state index in [-0.39, 0.29) is 5.91 Å². The number of hydrogen-bond acceptors (Lipinski definition) is 5. The fourth-order valence-electron chi connectivity index (χ4n) is 2.99. The molecule has 3 rings (SSSR count). The number of nitrogens with zero attached hydrogens (tertiary/aromatic N) is 1. The van der Waals surface area contributed by atoms with Gasteiger partial charge in [0.15, 0.2) is 11.5 Å². The second-order valence-electron chi connectivity index (χ2n) is 5.90. The highest BCUT2D eigenvalue weighted by molar-refractivity contribution is 9.11. The fraction of sp³-hybridized carbons (Fsp3) is 0.389. The van der Waals surface area contributed by atoms with Crippen molar-refractivity contribution in [3.8, 4) is 11.5 Å². The maximum atomic E-state index is 12.1. The Bertz CT molecular complexity index is 763. The number of methoxy groups -OCH3 is 2. The van der Waals surface area contributed by atoms with Gasteiger partial charge in [-0.2, -0.15) is 0 Å². The molecule has 1 aromatic carbocycles. The Morgan fingerprint density at radius 3 is 2.60 bits per heavy atom. The van der Waals surface area contributed by atoms with E-state index in [9.17, 15) is 4.79 Å². The monoisotopic (exact) mass is 424 g/mol. The third kappa shape index (κ3) is 4.34. The number of carbonyl (C=O) groups excluding carboxylic acids is 1. The van der Waals surface area contributed by atoms with E-state index in [1.54, 1.807) is 14.2 Å². The van der Waals surface area contributed by atoms with E-state index in [0.717, 1.165) is 41.3 Å². The number of rotatable bonds is 6. The first kappa shape index (κ1) is 18.2. The summed E-state index contributed by atoms with van der Waals surface area (Å²) in [5, 5.41) is 4.84. The highest BCUT2D eigenvalue weighted by atomic mass is 79.9. The van der Waals surface area contributed by atoms with Crippen molar-refractivity contribution in [3.05, 3.63) is 44.1 Å². The first-order chi connectivity index (χ1) is 12.1. The summed E-state index contributed by atoms with van der Waals surface area (Å²) >= 11 is 4.90. The van der Waals surface area contributed by atoms with Crippen LogP contribution in [-0.4, -0.2) is 44.7 Å². The van der Waals surface area contributed by atoms with Crippen LogP contribution in [0.3, 0.4) is 0 Å². The van der Waals surface area contributed by atoms with Crippen molar-refractivity contribution in [2.75, 3.05) is 33.9 Å². The number of hydrogen-bond donors (Lipinski definition) is 1. The smallest absolute Gasteiger partial charge is 0.252 e. The average molecular weight is 425 g/mol. The maximum absolute atomic E-state index is 12.1. The minimum Gasteiger partial charge on any atom is -0.493 e. The molecule has 2 heterocycles. The third-order valence-electron chi connectivity index (χ3n) is 4.34. The van der Waals surface area contributed by atoms with Gasteiger partial charge in [-0.15, -0.1) is 11.3 Å². The first-order valence-corrected chi connectivity index (χ1v) is 9.76. The maximum Gasteiger partial charge on any atom is 0.252 e. The number of halogens is 1. The summed E-state index contributed by atoms with van der Waals surface area (Å²) in [4.78, 5) is 14.4. The number of thiophene rings is 1. The molecule has 0 fully saturated rings. The van der Waals surface area contributed by atoms with Crippen molar-refractivity contribution in [3.63, 3.8) is 0 Å². The summed E-state index contributed by atoms with van der Waals surface area (Å²) in [7, 11) is 3.32. The molecule has 1 N–H and O–H groups in total. The van der Waals surface area contributed by atoms with Crippen LogP contribution in [0.2, 0.25) is 0 Å². The van der Waals surface area contributed by atoms with Crippen LogP contribution in [0.1, 0.15) is 21.5 Å². The lowest BCUT2D eigenvalue weighted by Crippen LogP contribution is -2.37. The van der Waals surface area contributed by atoms with E-state index in [2.05, 4.69) is 38.3 Å². The minimum atomic E-state index is -0.0224. The molecule has 0 atom stereocenters. The number of nitrogens with one attached hydrogen (secondary N) is 1. The largest absolute Gasteiger partial charge is 0.493 e. The third-order valence-corrected chi connectivity index (χ3v) is 5.84. The molecule has 1 aliphatic rings. The molecule has 0 radical (unpaired) electrons. The molecule has 0 spiro atoms. The number of amides is 1. The Labute approximate surface area is 160 Å². The molecule has 1 amide bonds. The number of carbonyl (C=O) groups is 1. The Morgan fingerprint density at radius 2 is 1.96 bits per heavy atom. The zero-order chi connectivity index (χ0) is 17.8. The number of fused-ring (bicyclic) bond motifs is 1. The highest BCUT2D eigenvalue weighted by Gasteiger charge is 2.19. The average Bonchev–Trinajstić information content (AvgIpc) is 3.06. The molecule has 2 aromatic rings. The first-order valence-electron chi connectivity index (χ1n) is 8.09. The molecule has 1 aliphatic heterocycles. The highest BCUT2D eigenvalue weighted by Crippen LogP contribution is 2.33. The molecule has 7 heteroatoms. The summed E-state index contributed by atoms with van der Waals surface area (Å²) in [6.45, 7) is 3.29. The van der Waals surface area contributed by atoms with Crippen molar-refractivity contribution < 1.29 is 14.3 Å². The Balaban J connectivity index is 1.55. The molecule has 0 bridgehead atoms. The lowest BCUT2D eigenvalue weighted by molar-refractivity contribution is 0.0947. The van der Waals surface area contributed by atoms with Crippen LogP contribution in [0.25, 0.3) is 0 Å². The number of ether oxygens (including phenoxy) is 2. The second-order valence-corrected chi connectivity index (χ2v) is 8.19. The van der Waals surface area contributed by atoms with Gasteiger partial charge in [-0.25, -0.2) is 0 Å². The Morgan fingerprint density at radius 1 is 1.24 bits per heavy atom. The van der Waals surface area contributed by atoms with E-state index >= 15 is 0 Å². The molecule has 0 saturated carbocycles. The van der Waals surface area contributed by atoms with Crippen molar-refractivity contribution >= 4 is 33.2 Å². The summed E-state index contributed by atoms with van der Waals surface area (Å²) in [6.07, 6.45) is 0.973. The normalized spacial score (nSPS) is 14.0. The molecule has 5 nitrogen and oxygen atoms in total. The van der Waals surface area contributed by atoms with Gasteiger partial charge in [0.2, 0.25) is 0 Å². The lowest BCUT2D eigenvalue weighted by atomic mass is 9.99. The Hall–Kier alpha value is -1.57. The SMILES string of the molecule is COc1cc2c(cc1OC)CN(CCNC(=O)c1csc(Br)c1)CC2. The van der Waals surface area contributed by atoms with Crippen LogP contribution >= 0.6 is 27.3 Å².